The smallest absolute Gasteiger partial charge is 0.265 e. The molecule has 0 aliphatic heterocycles. The van der Waals surface area contributed by atoms with Gasteiger partial charge in [-0.2, -0.15) is 4.98 Å². The average Bonchev–Trinajstić information content (AvgIpc) is 2.91. The van der Waals surface area contributed by atoms with Crippen LogP contribution in [0.2, 0.25) is 0 Å². The molecule has 7 heteroatoms. The Morgan fingerprint density at radius 3 is 2.48 bits per heavy atom. The van der Waals surface area contributed by atoms with Crippen molar-refractivity contribution in [3.05, 3.63) is 53.8 Å². The molecule has 0 radical (unpaired) electrons. The minimum Gasteiger partial charge on any atom is -0.507 e. The van der Waals surface area contributed by atoms with Gasteiger partial charge in [0.1, 0.15) is 17.1 Å². The lowest BCUT2D eigenvalue weighted by molar-refractivity contribution is 0.421. The van der Waals surface area contributed by atoms with Crippen LogP contribution in [0.3, 0.4) is 0 Å². The van der Waals surface area contributed by atoms with Crippen molar-refractivity contribution in [3.8, 4) is 28.6 Å². The summed E-state index contributed by atoms with van der Waals surface area (Å²) in [6.07, 6.45) is 0. The van der Waals surface area contributed by atoms with Gasteiger partial charge >= 0.3 is 0 Å². The van der Waals surface area contributed by atoms with Crippen LogP contribution in [-0.2, 0) is 0 Å². The molecule has 0 aliphatic carbocycles. The van der Waals surface area contributed by atoms with E-state index in [9.17, 15) is 18.3 Å². The lowest BCUT2D eigenvalue weighted by Crippen LogP contribution is -1.88. The zero-order chi connectivity index (χ0) is 15.0. The standard InChI is InChI=1S/C14H7F3N2O2/c15-8-5-4-7(6-10(8)17)13-18-14(21-19-13)12-9(16)2-1-3-11(12)20/h1-6,20H. The van der Waals surface area contributed by atoms with Crippen molar-refractivity contribution in [2.24, 2.45) is 0 Å². The van der Waals surface area contributed by atoms with E-state index in [0.717, 1.165) is 18.2 Å². The van der Waals surface area contributed by atoms with Gasteiger partial charge in [-0.1, -0.05) is 11.2 Å². The first-order valence-corrected chi connectivity index (χ1v) is 5.83. The number of nitrogens with zero attached hydrogens (tertiary/aromatic N) is 2. The first-order chi connectivity index (χ1) is 10.1. The second-order valence-electron chi connectivity index (χ2n) is 4.19. The maximum absolute atomic E-state index is 13.7. The Labute approximate surface area is 116 Å². The lowest BCUT2D eigenvalue weighted by atomic mass is 10.2. The van der Waals surface area contributed by atoms with Crippen molar-refractivity contribution in [2.45, 2.75) is 0 Å². The van der Waals surface area contributed by atoms with Gasteiger partial charge in [-0.25, -0.2) is 13.2 Å². The number of aromatic nitrogens is 2. The minimum absolute atomic E-state index is 0.0495. The third kappa shape index (κ3) is 2.33. The molecule has 0 bridgehead atoms. The molecular formula is C14H7F3N2O2. The Morgan fingerprint density at radius 2 is 1.76 bits per heavy atom. The normalized spacial score (nSPS) is 10.8. The molecule has 21 heavy (non-hydrogen) atoms. The number of hydrogen-bond donors (Lipinski definition) is 1. The fourth-order valence-corrected chi connectivity index (χ4v) is 1.80. The van der Waals surface area contributed by atoms with Crippen molar-refractivity contribution in [3.63, 3.8) is 0 Å². The molecule has 4 nitrogen and oxygen atoms in total. The van der Waals surface area contributed by atoms with Crippen LogP contribution in [0.4, 0.5) is 13.2 Å². The maximum Gasteiger partial charge on any atom is 0.265 e. The quantitative estimate of drug-likeness (QED) is 0.785. The number of rotatable bonds is 2. The lowest BCUT2D eigenvalue weighted by Gasteiger charge is -1.99. The number of benzene rings is 2. The van der Waals surface area contributed by atoms with E-state index in [-0.39, 0.29) is 28.6 Å². The van der Waals surface area contributed by atoms with Crippen molar-refractivity contribution >= 4 is 0 Å². The highest BCUT2D eigenvalue weighted by Gasteiger charge is 2.18. The zero-order valence-electron chi connectivity index (χ0n) is 10.3. The molecule has 3 rings (SSSR count). The van der Waals surface area contributed by atoms with E-state index in [1.165, 1.54) is 18.2 Å². The molecule has 0 saturated heterocycles. The van der Waals surface area contributed by atoms with Gasteiger partial charge in [-0.15, -0.1) is 0 Å². The highest BCUT2D eigenvalue weighted by Crippen LogP contribution is 2.31. The molecule has 0 amide bonds. The number of phenolic OH excluding ortho intramolecular Hbond substituents is 1. The van der Waals surface area contributed by atoms with Gasteiger partial charge in [0, 0.05) is 5.56 Å². The molecule has 0 saturated carbocycles. The van der Waals surface area contributed by atoms with E-state index >= 15 is 0 Å². The molecular weight excluding hydrogens is 285 g/mol. The summed E-state index contributed by atoms with van der Waals surface area (Å²) in [5.74, 6) is -3.48. The maximum atomic E-state index is 13.7. The highest BCUT2D eigenvalue weighted by atomic mass is 19.2. The van der Waals surface area contributed by atoms with Crippen LogP contribution in [0.1, 0.15) is 0 Å². The van der Waals surface area contributed by atoms with Gasteiger partial charge in [0.2, 0.25) is 5.82 Å². The van der Waals surface area contributed by atoms with Crippen LogP contribution < -0.4 is 0 Å². The summed E-state index contributed by atoms with van der Waals surface area (Å²) in [6, 6.07) is 6.78. The third-order valence-electron chi connectivity index (χ3n) is 2.81. The summed E-state index contributed by atoms with van der Waals surface area (Å²) in [6.45, 7) is 0. The number of phenols is 1. The summed E-state index contributed by atoms with van der Waals surface area (Å²) in [4.78, 5) is 3.88. The molecule has 106 valence electrons. The molecule has 1 aromatic heterocycles. The largest absolute Gasteiger partial charge is 0.507 e. The number of halogens is 3. The van der Waals surface area contributed by atoms with Gasteiger partial charge in [-0.3, -0.25) is 0 Å². The zero-order valence-corrected chi connectivity index (χ0v) is 10.3. The number of aromatic hydroxyl groups is 1. The highest BCUT2D eigenvalue weighted by molar-refractivity contribution is 5.65. The van der Waals surface area contributed by atoms with E-state index in [2.05, 4.69) is 10.1 Å². The predicted octanol–water partition coefficient (Wildman–Crippen LogP) is 3.53. The van der Waals surface area contributed by atoms with Crippen molar-refractivity contribution in [1.29, 1.82) is 0 Å². The molecule has 0 atom stereocenters. The number of hydrogen-bond acceptors (Lipinski definition) is 4. The Balaban J connectivity index is 2.06. The molecule has 0 unspecified atom stereocenters. The van der Waals surface area contributed by atoms with Crippen molar-refractivity contribution in [1.82, 2.24) is 10.1 Å². The van der Waals surface area contributed by atoms with Crippen LogP contribution >= 0.6 is 0 Å². The molecule has 0 fully saturated rings. The van der Waals surface area contributed by atoms with Crippen molar-refractivity contribution in [2.75, 3.05) is 0 Å². The first-order valence-electron chi connectivity index (χ1n) is 5.83. The second-order valence-corrected chi connectivity index (χ2v) is 4.19. The predicted molar refractivity (Wildman–Crippen MR) is 66.7 cm³/mol. The van der Waals surface area contributed by atoms with Gasteiger partial charge in [0.25, 0.3) is 5.89 Å². The van der Waals surface area contributed by atoms with Crippen LogP contribution in [-0.4, -0.2) is 15.2 Å². The van der Waals surface area contributed by atoms with Gasteiger partial charge in [0.15, 0.2) is 11.6 Å². The van der Waals surface area contributed by atoms with E-state index in [0.29, 0.717) is 0 Å². The van der Waals surface area contributed by atoms with Gasteiger partial charge in [-0.05, 0) is 30.3 Å². The second kappa shape index (κ2) is 4.93. The van der Waals surface area contributed by atoms with Crippen LogP contribution in [0, 0.1) is 17.5 Å². The minimum atomic E-state index is -1.06. The summed E-state index contributed by atoms with van der Waals surface area (Å²) < 4.78 is 44.6. The van der Waals surface area contributed by atoms with Gasteiger partial charge < -0.3 is 9.63 Å². The van der Waals surface area contributed by atoms with Crippen molar-refractivity contribution < 1.29 is 22.8 Å². The monoisotopic (exact) mass is 292 g/mol. The SMILES string of the molecule is Oc1cccc(F)c1-c1nc(-c2ccc(F)c(F)c2)no1. The average molecular weight is 292 g/mol. The summed E-state index contributed by atoms with van der Waals surface area (Å²) in [5.41, 5.74) is -0.0847. The first kappa shape index (κ1) is 13.2. The van der Waals surface area contributed by atoms with E-state index in [4.69, 9.17) is 4.52 Å². The molecule has 1 heterocycles. The van der Waals surface area contributed by atoms with E-state index in [1.54, 1.807) is 0 Å². The fraction of sp³-hybridized carbons (Fsp3) is 0. The summed E-state index contributed by atoms with van der Waals surface area (Å²) in [5, 5.41) is 13.2. The van der Waals surface area contributed by atoms with E-state index in [1.807, 2.05) is 0 Å². The Morgan fingerprint density at radius 1 is 0.952 bits per heavy atom. The van der Waals surface area contributed by atoms with Gasteiger partial charge in [0.05, 0.1) is 0 Å². The Hall–Kier alpha value is -2.83. The third-order valence-corrected chi connectivity index (χ3v) is 2.81. The Kier molecular flexibility index (Phi) is 3.09. The van der Waals surface area contributed by atoms with E-state index < -0.39 is 17.5 Å². The fourth-order valence-electron chi connectivity index (χ4n) is 1.80. The molecule has 3 aromatic rings. The topological polar surface area (TPSA) is 59.2 Å². The van der Waals surface area contributed by atoms with Crippen LogP contribution in [0.25, 0.3) is 22.8 Å². The molecule has 1 N–H and O–H groups in total. The molecule has 0 spiro atoms. The summed E-state index contributed by atoms with van der Waals surface area (Å²) in [7, 11) is 0. The Bertz CT molecular complexity index is 797. The van der Waals surface area contributed by atoms with Crippen LogP contribution in [0.5, 0.6) is 5.75 Å². The summed E-state index contributed by atoms with van der Waals surface area (Å²) >= 11 is 0. The molecule has 2 aromatic carbocycles. The van der Waals surface area contributed by atoms with Crippen LogP contribution in [0.15, 0.2) is 40.9 Å². The molecule has 0 aliphatic rings.